The standard InChI is InChI=1S/C25H41N4O5P/c1-8-18-19(33-35-29-12-9-10-20(29)25(34-35,16(4)5)17(6)7)14-22(32-18)28-13-11-21(27-24(28)31)26-23(30)15(2)3/h11,13,15-20,22H,8-10,12,14H2,1-7H3,(H,26,27,30,31)/t18-,19?,20+,22-,35?/m1/s1. The zero-order valence-electron chi connectivity index (χ0n) is 22.1. The normalized spacial score (nSPS) is 30.5. The third kappa shape index (κ3) is 4.95. The summed E-state index contributed by atoms with van der Waals surface area (Å²) in [6.07, 6.45) is 4.51. The summed E-state index contributed by atoms with van der Waals surface area (Å²) in [6, 6.07) is 2.02. The molecule has 10 heteroatoms. The van der Waals surface area contributed by atoms with Gasteiger partial charge in [0, 0.05) is 31.1 Å². The van der Waals surface area contributed by atoms with E-state index < -0.39 is 20.4 Å². The lowest BCUT2D eigenvalue weighted by molar-refractivity contribution is -0.118. The zero-order chi connectivity index (χ0) is 25.5. The number of anilines is 1. The Morgan fingerprint density at radius 3 is 2.60 bits per heavy atom. The van der Waals surface area contributed by atoms with Gasteiger partial charge in [0.1, 0.15) is 12.0 Å². The number of rotatable bonds is 8. The Labute approximate surface area is 209 Å². The molecule has 4 heterocycles. The minimum absolute atomic E-state index is 0.132. The van der Waals surface area contributed by atoms with E-state index in [0.717, 1.165) is 19.4 Å². The molecule has 5 atom stereocenters. The van der Waals surface area contributed by atoms with Gasteiger partial charge in [0.25, 0.3) is 8.53 Å². The molecule has 1 amide bonds. The summed E-state index contributed by atoms with van der Waals surface area (Å²) < 4.78 is 23.7. The topological polar surface area (TPSA) is 94.9 Å². The molecule has 2 unspecified atom stereocenters. The van der Waals surface area contributed by atoms with Crippen LogP contribution in [0, 0.1) is 17.8 Å². The minimum atomic E-state index is -1.20. The van der Waals surface area contributed by atoms with Crippen LogP contribution in [0.4, 0.5) is 5.82 Å². The first kappa shape index (κ1) is 26.7. The molecular weight excluding hydrogens is 467 g/mol. The highest BCUT2D eigenvalue weighted by atomic mass is 31.2. The van der Waals surface area contributed by atoms with Crippen LogP contribution >= 0.6 is 8.53 Å². The molecule has 1 N–H and O–H groups in total. The summed E-state index contributed by atoms with van der Waals surface area (Å²) in [5.41, 5.74) is -0.659. The molecule has 196 valence electrons. The summed E-state index contributed by atoms with van der Waals surface area (Å²) in [4.78, 5) is 28.8. The van der Waals surface area contributed by atoms with Crippen LogP contribution in [-0.4, -0.2) is 50.5 Å². The predicted molar refractivity (Wildman–Crippen MR) is 136 cm³/mol. The number of hydrogen-bond donors (Lipinski definition) is 1. The van der Waals surface area contributed by atoms with Crippen LogP contribution in [-0.2, 0) is 18.6 Å². The van der Waals surface area contributed by atoms with Gasteiger partial charge in [-0.1, -0.05) is 48.5 Å². The first-order valence-corrected chi connectivity index (χ1v) is 14.2. The van der Waals surface area contributed by atoms with Gasteiger partial charge < -0.3 is 19.1 Å². The highest BCUT2D eigenvalue weighted by Crippen LogP contribution is 2.64. The van der Waals surface area contributed by atoms with Gasteiger partial charge in [0.15, 0.2) is 0 Å². The molecule has 0 aliphatic carbocycles. The van der Waals surface area contributed by atoms with Crippen LogP contribution < -0.4 is 11.0 Å². The van der Waals surface area contributed by atoms with Crippen molar-refractivity contribution in [3.63, 3.8) is 0 Å². The fourth-order valence-corrected chi connectivity index (χ4v) is 8.18. The second kappa shape index (κ2) is 10.5. The van der Waals surface area contributed by atoms with Gasteiger partial charge in [0.05, 0.1) is 17.8 Å². The maximum atomic E-state index is 12.8. The van der Waals surface area contributed by atoms with Crippen molar-refractivity contribution in [1.82, 2.24) is 14.2 Å². The summed E-state index contributed by atoms with van der Waals surface area (Å²) >= 11 is 0. The fourth-order valence-electron chi connectivity index (χ4n) is 5.82. The molecule has 0 aromatic carbocycles. The Kier molecular flexibility index (Phi) is 8.04. The van der Waals surface area contributed by atoms with E-state index in [1.165, 1.54) is 11.0 Å². The van der Waals surface area contributed by atoms with E-state index in [1.807, 2.05) is 0 Å². The van der Waals surface area contributed by atoms with Crippen LogP contribution in [0.3, 0.4) is 0 Å². The first-order valence-electron chi connectivity index (χ1n) is 13.1. The number of nitrogens with zero attached hydrogens (tertiary/aromatic N) is 3. The summed E-state index contributed by atoms with van der Waals surface area (Å²) in [7, 11) is -1.20. The Hall–Kier alpha value is -1.38. The van der Waals surface area contributed by atoms with Gasteiger partial charge in [0.2, 0.25) is 5.91 Å². The van der Waals surface area contributed by atoms with Crippen molar-refractivity contribution < 1.29 is 18.6 Å². The summed E-state index contributed by atoms with van der Waals surface area (Å²) in [5.74, 6) is 0.658. The van der Waals surface area contributed by atoms with E-state index in [2.05, 4.69) is 49.6 Å². The molecule has 1 aromatic rings. The number of aromatic nitrogens is 2. The second-order valence-electron chi connectivity index (χ2n) is 10.9. The maximum Gasteiger partial charge on any atom is 0.351 e. The molecule has 1 aromatic heterocycles. The second-order valence-corrected chi connectivity index (χ2v) is 12.3. The third-order valence-corrected chi connectivity index (χ3v) is 9.54. The minimum Gasteiger partial charge on any atom is -0.352 e. The van der Waals surface area contributed by atoms with Gasteiger partial charge in [-0.3, -0.25) is 9.36 Å². The molecule has 3 aliphatic heterocycles. The van der Waals surface area contributed by atoms with E-state index in [4.69, 9.17) is 13.8 Å². The van der Waals surface area contributed by atoms with Crippen LogP contribution in [0.2, 0.25) is 0 Å². The number of nitrogens with one attached hydrogen (secondary N) is 1. The van der Waals surface area contributed by atoms with Crippen molar-refractivity contribution in [2.45, 2.75) is 104 Å². The molecule has 0 saturated carbocycles. The number of ether oxygens (including phenoxy) is 1. The number of carbonyl (C=O) groups is 1. The number of fused-ring (bicyclic) bond motifs is 1. The molecule has 3 saturated heterocycles. The van der Waals surface area contributed by atoms with Crippen molar-refractivity contribution in [2.75, 3.05) is 11.9 Å². The lowest BCUT2D eigenvalue weighted by Crippen LogP contribution is -2.50. The highest BCUT2D eigenvalue weighted by molar-refractivity contribution is 7.45. The molecule has 9 nitrogen and oxygen atoms in total. The molecule has 3 aliphatic rings. The smallest absolute Gasteiger partial charge is 0.351 e. The number of amides is 1. The van der Waals surface area contributed by atoms with Crippen molar-refractivity contribution in [3.05, 3.63) is 22.7 Å². The van der Waals surface area contributed by atoms with E-state index in [1.54, 1.807) is 26.1 Å². The number of carbonyl (C=O) groups excluding carboxylic acids is 1. The Morgan fingerprint density at radius 1 is 1.29 bits per heavy atom. The van der Waals surface area contributed by atoms with Crippen molar-refractivity contribution >= 4 is 20.3 Å². The largest absolute Gasteiger partial charge is 0.352 e. The fraction of sp³-hybridized carbons (Fsp3) is 0.800. The van der Waals surface area contributed by atoms with Gasteiger partial charge in [-0.2, -0.15) is 4.98 Å². The van der Waals surface area contributed by atoms with Gasteiger partial charge in [-0.15, -0.1) is 0 Å². The van der Waals surface area contributed by atoms with E-state index in [-0.39, 0.29) is 35.5 Å². The van der Waals surface area contributed by atoms with Crippen molar-refractivity contribution in [2.24, 2.45) is 17.8 Å². The predicted octanol–water partition coefficient (Wildman–Crippen LogP) is 4.69. The zero-order valence-corrected chi connectivity index (χ0v) is 23.0. The van der Waals surface area contributed by atoms with Crippen LogP contribution in [0.25, 0.3) is 0 Å². The molecular formula is C25H41N4O5P. The molecule has 4 rings (SSSR count). The van der Waals surface area contributed by atoms with Gasteiger partial charge in [-0.05, 0) is 37.2 Å². The molecule has 35 heavy (non-hydrogen) atoms. The average molecular weight is 509 g/mol. The quantitative estimate of drug-likeness (QED) is 0.509. The molecule has 0 bridgehead atoms. The van der Waals surface area contributed by atoms with Crippen molar-refractivity contribution in [3.8, 4) is 0 Å². The number of hydrogen-bond acceptors (Lipinski definition) is 7. The Morgan fingerprint density at radius 2 is 2.00 bits per heavy atom. The Balaban J connectivity index is 1.49. The van der Waals surface area contributed by atoms with Gasteiger partial charge in [-0.25, -0.2) is 9.46 Å². The van der Waals surface area contributed by atoms with Crippen LogP contribution in [0.1, 0.15) is 80.4 Å². The maximum absolute atomic E-state index is 12.8. The lowest BCUT2D eigenvalue weighted by atomic mass is 9.74. The third-order valence-electron chi connectivity index (χ3n) is 7.72. The summed E-state index contributed by atoms with van der Waals surface area (Å²) in [5, 5.41) is 2.68. The van der Waals surface area contributed by atoms with Crippen molar-refractivity contribution in [1.29, 1.82) is 0 Å². The summed E-state index contributed by atoms with van der Waals surface area (Å²) in [6.45, 7) is 15.7. The van der Waals surface area contributed by atoms with E-state index in [0.29, 0.717) is 24.3 Å². The molecule has 0 spiro atoms. The SMILES string of the molecule is CC[C@H]1O[C@@H](n2ccc(NC(=O)C(C)C)nc2=O)CC1OP1OC(C(C)C)(C(C)C)[C@@H]2CCCN21. The van der Waals surface area contributed by atoms with Crippen LogP contribution in [0.15, 0.2) is 17.1 Å². The lowest BCUT2D eigenvalue weighted by Gasteiger charge is -2.40. The highest BCUT2D eigenvalue weighted by Gasteiger charge is 2.60. The monoisotopic (exact) mass is 508 g/mol. The average Bonchev–Trinajstić information content (AvgIpc) is 3.49. The van der Waals surface area contributed by atoms with Gasteiger partial charge >= 0.3 is 5.69 Å². The van der Waals surface area contributed by atoms with Crippen LogP contribution in [0.5, 0.6) is 0 Å². The Bertz CT molecular complexity index is 959. The van der Waals surface area contributed by atoms with E-state index >= 15 is 0 Å². The first-order chi connectivity index (χ1) is 16.6. The molecule has 3 fully saturated rings. The molecule has 0 radical (unpaired) electrons. The van der Waals surface area contributed by atoms with E-state index in [9.17, 15) is 9.59 Å².